The van der Waals surface area contributed by atoms with Crippen LogP contribution in [-0.4, -0.2) is 24.3 Å². The third-order valence-corrected chi connectivity index (χ3v) is 5.26. The van der Waals surface area contributed by atoms with E-state index in [0.29, 0.717) is 5.56 Å². The van der Waals surface area contributed by atoms with E-state index in [9.17, 15) is 14.4 Å². The van der Waals surface area contributed by atoms with Gasteiger partial charge in [0.05, 0.1) is 12.3 Å². The molecule has 4 rings (SSSR count). The Balaban J connectivity index is 1.33. The first-order chi connectivity index (χ1) is 14.5. The molecule has 0 saturated carbocycles. The predicted octanol–water partition coefficient (Wildman–Crippen LogP) is 4.38. The molecule has 1 aliphatic rings. The summed E-state index contributed by atoms with van der Waals surface area (Å²) in [4.78, 5) is 36.3. The fourth-order valence-electron chi connectivity index (χ4n) is 3.48. The Morgan fingerprint density at radius 3 is 2.37 bits per heavy atom. The quantitative estimate of drug-likeness (QED) is 0.493. The summed E-state index contributed by atoms with van der Waals surface area (Å²) >= 11 is 0. The van der Waals surface area contributed by atoms with Gasteiger partial charge >= 0.3 is 5.97 Å². The fourth-order valence-corrected chi connectivity index (χ4v) is 3.48. The molecule has 150 valence electrons. The maximum Gasteiger partial charge on any atom is 0.310 e. The Kier molecular flexibility index (Phi) is 5.44. The summed E-state index contributed by atoms with van der Waals surface area (Å²) in [6, 6.07) is 22.7. The van der Waals surface area contributed by atoms with Crippen LogP contribution in [0.15, 0.2) is 72.8 Å². The van der Waals surface area contributed by atoms with E-state index in [0.717, 1.165) is 27.9 Å². The second-order valence-electron chi connectivity index (χ2n) is 7.34. The molecular weight excluding hydrogens is 378 g/mol. The van der Waals surface area contributed by atoms with Crippen LogP contribution in [0.1, 0.15) is 34.3 Å². The fraction of sp³-hybridized carbons (Fsp3) is 0.160. The zero-order valence-electron chi connectivity index (χ0n) is 16.6. The van der Waals surface area contributed by atoms with E-state index in [1.165, 1.54) is 0 Å². The minimum Gasteiger partial charge on any atom is -0.457 e. The minimum absolute atomic E-state index is 0.0840. The zero-order chi connectivity index (χ0) is 21.1. The molecular formula is C25H21NO4. The van der Waals surface area contributed by atoms with Crippen molar-refractivity contribution in [2.45, 2.75) is 19.3 Å². The number of ether oxygens (including phenoxy) is 1. The summed E-state index contributed by atoms with van der Waals surface area (Å²) in [5.41, 5.74) is 4.94. The average molecular weight is 399 g/mol. The van der Waals surface area contributed by atoms with Gasteiger partial charge in [0, 0.05) is 11.3 Å². The van der Waals surface area contributed by atoms with Crippen molar-refractivity contribution in [2.75, 3.05) is 11.9 Å². The van der Waals surface area contributed by atoms with Crippen molar-refractivity contribution in [2.24, 2.45) is 0 Å². The van der Waals surface area contributed by atoms with E-state index in [1.807, 2.05) is 54.6 Å². The van der Waals surface area contributed by atoms with E-state index in [-0.39, 0.29) is 30.6 Å². The van der Waals surface area contributed by atoms with Crippen LogP contribution in [0.25, 0.3) is 11.1 Å². The summed E-state index contributed by atoms with van der Waals surface area (Å²) in [6.45, 7) is 1.47. The van der Waals surface area contributed by atoms with Gasteiger partial charge in [-0.15, -0.1) is 0 Å². The first kappa shape index (κ1) is 19.6. The Labute approximate surface area is 174 Å². The second-order valence-corrected chi connectivity index (χ2v) is 7.34. The molecule has 5 heteroatoms. The highest BCUT2D eigenvalue weighted by molar-refractivity contribution is 6.05. The first-order valence-corrected chi connectivity index (χ1v) is 9.79. The number of amides is 1. The van der Waals surface area contributed by atoms with Crippen LogP contribution >= 0.6 is 0 Å². The van der Waals surface area contributed by atoms with Gasteiger partial charge in [-0.25, -0.2) is 0 Å². The highest BCUT2D eigenvalue weighted by atomic mass is 16.5. The van der Waals surface area contributed by atoms with Gasteiger partial charge in [0.15, 0.2) is 12.4 Å². The van der Waals surface area contributed by atoms with E-state index in [2.05, 4.69) is 5.32 Å². The second kappa shape index (κ2) is 8.33. The lowest BCUT2D eigenvalue weighted by molar-refractivity contribution is -0.141. The van der Waals surface area contributed by atoms with Gasteiger partial charge in [0.1, 0.15) is 0 Å². The Bertz CT molecular complexity index is 1100. The number of anilines is 1. The monoisotopic (exact) mass is 399 g/mol. The molecule has 30 heavy (non-hydrogen) atoms. The van der Waals surface area contributed by atoms with Gasteiger partial charge in [-0.3, -0.25) is 14.4 Å². The average Bonchev–Trinajstić information content (AvgIpc) is 3.06. The molecule has 0 radical (unpaired) electrons. The number of Topliss-reactive ketones (excluding diaryl/α,β-unsaturated/α-hetero) is 1. The maximum atomic E-state index is 12.4. The Morgan fingerprint density at radius 1 is 0.933 bits per heavy atom. The van der Waals surface area contributed by atoms with Crippen LogP contribution in [0, 0.1) is 0 Å². The molecule has 3 aromatic carbocycles. The summed E-state index contributed by atoms with van der Waals surface area (Å²) in [5.74, 6) is -1.13. The van der Waals surface area contributed by atoms with Gasteiger partial charge < -0.3 is 10.1 Å². The highest BCUT2D eigenvalue weighted by Crippen LogP contribution is 2.32. The zero-order valence-corrected chi connectivity index (χ0v) is 16.6. The molecule has 0 unspecified atom stereocenters. The van der Waals surface area contributed by atoms with Crippen molar-refractivity contribution < 1.29 is 19.1 Å². The van der Waals surface area contributed by atoms with Crippen LogP contribution in [0.5, 0.6) is 0 Å². The molecule has 1 heterocycles. The Morgan fingerprint density at radius 2 is 1.63 bits per heavy atom. The van der Waals surface area contributed by atoms with Gasteiger partial charge in [0.25, 0.3) is 0 Å². The molecule has 1 aliphatic heterocycles. The molecule has 3 aromatic rings. The minimum atomic E-state index is -0.456. The molecule has 0 aliphatic carbocycles. The molecule has 1 N–H and O–H groups in total. The van der Waals surface area contributed by atoms with Crippen molar-refractivity contribution in [3.05, 3.63) is 89.5 Å². The number of benzene rings is 3. The molecule has 0 spiro atoms. The smallest absolute Gasteiger partial charge is 0.310 e. The van der Waals surface area contributed by atoms with Crippen molar-refractivity contribution >= 4 is 23.3 Å². The van der Waals surface area contributed by atoms with Gasteiger partial charge in [0.2, 0.25) is 5.91 Å². The first-order valence-electron chi connectivity index (χ1n) is 9.79. The number of hydrogen-bond donors (Lipinski definition) is 1. The lowest BCUT2D eigenvalue weighted by atomic mass is 9.99. The molecule has 0 bridgehead atoms. The number of hydrogen-bond acceptors (Lipinski definition) is 4. The van der Waals surface area contributed by atoms with Crippen LogP contribution in [-0.2, 0) is 20.7 Å². The lowest BCUT2D eigenvalue weighted by Crippen LogP contribution is -2.16. The van der Waals surface area contributed by atoms with E-state index < -0.39 is 5.97 Å². The number of carbonyl (C=O) groups excluding carboxylic acids is 3. The molecule has 0 aromatic heterocycles. The SMILES string of the molecule is C[C@@H]1C(=O)Nc2ccc(C(=O)COC(=O)Cc3ccc(-c4ccccc4)cc3)cc21. The van der Waals surface area contributed by atoms with Crippen molar-refractivity contribution in [1.29, 1.82) is 0 Å². The van der Waals surface area contributed by atoms with Crippen LogP contribution in [0.3, 0.4) is 0 Å². The molecule has 5 nitrogen and oxygen atoms in total. The summed E-state index contributed by atoms with van der Waals surface area (Å²) in [5, 5.41) is 2.77. The number of rotatable bonds is 6. The number of nitrogens with one attached hydrogen (secondary N) is 1. The van der Waals surface area contributed by atoms with Gasteiger partial charge in [-0.1, -0.05) is 54.6 Å². The molecule has 0 saturated heterocycles. The largest absolute Gasteiger partial charge is 0.457 e. The topological polar surface area (TPSA) is 72.5 Å². The van der Waals surface area contributed by atoms with E-state index >= 15 is 0 Å². The van der Waals surface area contributed by atoms with Crippen molar-refractivity contribution in [3.8, 4) is 11.1 Å². The third kappa shape index (κ3) is 4.15. The highest BCUT2D eigenvalue weighted by Gasteiger charge is 2.27. The maximum absolute atomic E-state index is 12.4. The van der Waals surface area contributed by atoms with E-state index in [4.69, 9.17) is 4.74 Å². The molecule has 1 atom stereocenters. The van der Waals surface area contributed by atoms with Crippen LogP contribution in [0.2, 0.25) is 0 Å². The molecule has 0 fully saturated rings. The van der Waals surface area contributed by atoms with Crippen molar-refractivity contribution in [1.82, 2.24) is 0 Å². The lowest BCUT2D eigenvalue weighted by Gasteiger charge is -2.08. The Hall–Kier alpha value is -3.73. The summed E-state index contributed by atoms with van der Waals surface area (Å²) < 4.78 is 5.17. The predicted molar refractivity (Wildman–Crippen MR) is 114 cm³/mol. The van der Waals surface area contributed by atoms with Gasteiger partial charge in [-0.05, 0) is 47.4 Å². The van der Waals surface area contributed by atoms with Crippen LogP contribution in [0.4, 0.5) is 5.69 Å². The number of esters is 1. The molecule has 1 amide bonds. The van der Waals surface area contributed by atoms with Crippen LogP contribution < -0.4 is 5.32 Å². The van der Waals surface area contributed by atoms with E-state index in [1.54, 1.807) is 25.1 Å². The number of fused-ring (bicyclic) bond motifs is 1. The summed E-state index contributed by atoms with van der Waals surface area (Å²) in [7, 11) is 0. The number of carbonyl (C=O) groups is 3. The normalized spacial score (nSPS) is 14.7. The third-order valence-electron chi connectivity index (χ3n) is 5.26. The number of ketones is 1. The summed E-state index contributed by atoms with van der Waals surface area (Å²) in [6.07, 6.45) is 0.0992. The standard InChI is InChI=1S/C25H21NO4/c1-16-21-14-20(11-12-22(21)26-25(16)29)23(27)15-30-24(28)13-17-7-9-19(10-8-17)18-5-3-2-4-6-18/h2-12,14,16H,13,15H2,1H3,(H,26,29)/t16-/m0/s1. The van der Waals surface area contributed by atoms with Crippen molar-refractivity contribution in [3.63, 3.8) is 0 Å². The van der Waals surface area contributed by atoms with Gasteiger partial charge in [-0.2, -0.15) is 0 Å².